The van der Waals surface area contributed by atoms with Gasteiger partial charge in [0, 0.05) is 6.08 Å². The molecule has 0 spiro atoms. The van der Waals surface area contributed by atoms with Crippen LogP contribution < -0.4 is 0 Å². The zero-order valence-corrected chi connectivity index (χ0v) is 16.9. The summed E-state index contributed by atoms with van der Waals surface area (Å²) in [5.41, 5.74) is 4.76. The summed E-state index contributed by atoms with van der Waals surface area (Å²) in [7, 11) is 0. The highest BCUT2D eigenvalue weighted by Gasteiger charge is 2.21. The van der Waals surface area contributed by atoms with E-state index in [1.165, 1.54) is 74.1 Å². The maximum atomic E-state index is 10.6. The van der Waals surface area contributed by atoms with Crippen molar-refractivity contribution in [1.29, 1.82) is 0 Å². The summed E-state index contributed by atoms with van der Waals surface area (Å²) < 4.78 is 0. The molecule has 1 aliphatic carbocycles. The van der Waals surface area contributed by atoms with Crippen LogP contribution in [0.5, 0.6) is 0 Å². The molecule has 2 heteroatoms. The van der Waals surface area contributed by atoms with Crippen molar-refractivity contribution in [3.63, 3.8) is 0 Å². The minimum atomic E-state index is -0.922. The van der Waals surface area contributed by atoms with E-state index in [0.29, 0.717) is 0 Å². The van der Waals surface area contributed by atoms with E-state index >= 15 is 0 Å². The van der Waals surface area contributed by atoms with Crippen LogP contribution in [0.25, 0.3) is 17.2 Å². The molecule has 28 heavy (non-hydrogen) atoms. The number of hydrogen-bond acceptors (Lipinski definition) is 1. The molecule has 0 saturated heterocycles. The fourth-order valence-corrected chi connectivity index (χ4v) is 4.37. The molecular weight excluding hydrogens is 344 g/mol. The lowest BCUT2D eigenvalue weighted by atomic mass is 9.77. The number of aliphatic carboxylic acids is 1. The first kappa shape index (κ1) is 20.4. The van der Waals surface area contributed by atoms with Gasteiger partial charge in [0.25, 0.3) is 0 Å². The predicted molar refractivity (Wildman–Crippen MR) is 117 cm³/mol. The Bertz CT molecular complexity index is 763. The van der Waals surface area contributed by atoms with Crippen LogP contribution in [-0.4, -0.2) is 11.1 Å². The van der Waals surface area contributed by atoms with Crippen molar-refractivity contribution >= 4 is 12.0 Å². The Kier molecular flexibility index (Phi) is 7.47. The first-order chi connectivity index (χ1) is 13.7. The number of unbranched alkanes of at least 4 members (excludes halogenated alkanes) is 2. The zero-order valence-electron chi connectivity index (χ0n) is 16.9. The van der Waals surface area contributed by atoms with Crippen LogP contribution in [0, 0.1) is 5.92 Å². The van der Waals surface area contributed by atoms with E-state index in [1.54, 1.807) is 6.08 Å². The molecule has 0 atom stereocenters. The van der Waals surface area contributed by atoms with E-state index in [2.05, 4.69) is 43.3 Å². The summed E-state index contributed by atoms with van der Waals surface area (Å²) in [6.45, 7) is 2.28. The lowest BCUT2D eigenvalue weighted by Crippen LogP contribution is -2.13. The second-order valence-corrected chi connectivity index (χ2v) is 8.13. The summed E-state index contributed by atoms with van der Waals surface area (Å²) in [5.74, 6) is 0.755. The van der Waals surface area contributed by atoms with Crippen LogP contribution in [-0.2, 0) is 4.79 Å². The van der Waals surface area contributed by atoms with Crippen molar-refractivity contribution < 1.29 is 9.90 Å². The topological polar surface area (TPSA) is 37.3 Å². The summed E-state index contributed by atoms with van der Waals surface area (Å²) in [5, 5.41) is 8.72. The maximum Gasteiger partial charge on any atom is 0.328 e. The minimum Gasteiger partial charge on any atom is -0.478 e. The van der Waals surface area contributed by atoms with Crippen molar-refractivity contribution in [2.75, 3.05) is 0 Å². The van der Waals surface area contributed by atoms with Crippen LogP contribution in [0.2, 0.25) is 0 Å². The molecule has 0 radical (unpaired) electrons. The third kappa shape index (κ3) is 5.82. The van der Waals surface area contributed by atoms with Crippen LogP contribution in [0.3, 0.4) is 0 Å². The number of rotatable bonds is 8. The molecule has 0 unspecified atom stereocenters. The van der Waals surface area contributed by atoms with Gasteiger partial charge in [0.2, 0.25) is 0 Å². The standard InChI is InChI=1S/C26H32O2/c1-2-3-4-5-20-6-11-22(12-7-20)24-15-17-25(18-16-24)23-13-8-21(9-14-23)10-19-26(27)28/h8-10,13-20,22H,2-7,11-12H2,1H3,(H,27,28)/b19-10+/t20-,22-. The van der Waals surface area contributed by atoms with Gasteiger partial charge in [-0.1, -0.05) is 81.1 Å². The molecule has 3 rings (SSSR count). The molecule has 2 aromatic carbocycles. The quantitative estimate of drug-likeness (QED) is 0.387. The first-order valence-electron chi connectivity index (χ1n) is 10.8. The van der Waals surface area contributed by atoms with Gasteiger partial charge in [-0.25, -0.2) is 4.79 Å². The Morgan fingerprint density at radius 3 is 2.11 bits per heavy atom. The summed E-state index contributed by atoms with van der Waals surface area (Å²) in [6, 6.07) is 17.1. The largest absolute Gasteiger partial charge is 0.478 e. The van der Waals surface area contributed by atoms with Gasteiger partial charge in [-0.15, -0.1) is 0 Å². The molecule has 1 aliphatic rings. The van der Waals surface area contributed by atoms with Gasteiger partial charge in [-0.05, 0) is 65.8 Å². The smallest absolute Gasteiger partial charge is 0.328 e. The summed E-state index contributed by atoms with van der Waals surface area (Å²) in [4.78, 5) is 10.6. The number of benzene rings is 2. The van der Waals surface area contributed by atoms with Gasteiger partial charge >= 0.3 is 5.97 Å². The van der Waals surface area contributed by atoms with Crippen molar-refractivity contribution in [2.45, 2.75) is 64.2 Å². The highest BCUT2D eigenvalue weighted by atomic mass is 16.4. The van der Waals surface area contributed by atoms with E-state index in [9.17, 15) is 4.79 Å². The Labute approximate surface area is 169 Å². The van der Waals surface area contributed by atoms with Gasteiger partial charge < -0.3 is 5.11 Å². The van der Waals surface area contributed by atoms with E-state index in [0.717, 1.165) is 17.4 Å². The van der Waals surface area contributed by atoms with Gasteiger partial charge in [-0.2, -0.15) is 0 Å². The Morgan fingerprint density at radius 1 is 0.929 bits per heavy atom. The lowest BCUT2D eigenvalue weighted by molar-refractivity contribution is -0.131. The monoisotopic (exact) mass is 376 g/mol. The van der Waals surface area contributed by atoms with Gasteiger partial charge in [0.05, 0.1) is 0 Å². The predicted octanol–water partition coefficient (Wildman–Crippen LogP) is 7.31. The molecule has 0 heterocycles. The van der Waals surface area contributed by atoms with Crippen LogP contribution in [0.15, 0.2) is 54.6 Å². The maximum absolute atomic E-state index is 10.6. The first-order valence-corrected chi connectivity index (χ1v) is 10.8. The molecule has 1 fully saturated rings. The third-order valence-electron chi connectivity index (χ3n) is 6.11. The molecule has 0 bridgehead atoms. The van der Waals surface area contributed by atoms with Crippen LogP contribution >= 0.6 is 0 Å². The highest BCUT2D eigenvalue weighted by molar-refractivity contribution is 5.85. The van der Waals surface area contributed by atoms with Crippen molar-refractivity contribution in [3.05, 3.63) is 65.7 Å². The zero-order chi connectivity index (χ0) is 19.8. The molecule has 0 aliphatic heterocycles. The van der Waals surface area contributed by atoms with E-state index in [1.807, 2.05) is 12.1 Å². The van der Waals surface area contributed by atoms with Gasteiger partial charge in [0.15, 0.2) is 0 Å². The fraction of sp³-hybridized carbons (Fsp3) is 0.423. The molecular formula is C26H32O2. The Morgan fingerprint density at radius 2 is 1.54 bits per heavy atom. The summed E-state index contributed by atoms with van der Waals surface area (Å²) >= 11 is 0. The Balaban J connectivity index is 1.56. The third-order valence-corrected chi connectivity index (χ3v) is 6.11. The van der Waals surface area contributed by atoms with Gasteiger partial charge in [-0.3, -0.25) is 0 Å². The van der Waals surface area contributed by atoms with Crippen LogP contribution in [0.4, 0.5) is 0 Å². The Hall–Kier alpha value is -2.35. The highest BCUT2D eigenvalue weighted by Crippen LogP contribution is 2.38. The number of carboxylic acid groups (broad SMARTS) is 1. The van der Waals surface area contributed by atoms with E-state index in [4.69, 9.17) is 5.11 Å². The van der Waals surface area contributed by atoms with E-state index in [-0.39, 0.29) is 0 Å². The van der Waals surface area contributed by atoms with Crippen molar-refractivity contribution in [2.24, 2.45) is 5.92 Å². The minimum absolute atomic E-state index is 0.722. The second-order valence-electron chi connectivity index (χ2n) is 8.13. The SMILES string of the molecule is CCCCC[C@H]1CC[C@H](c2ccc(-c3ccc(/C=C/C(=O)O)cc3)cc2)CC1. The molecule has 148 valence electrons. The number of hydrogen-bond donors (Lipinski definition) is 1. The fourth-order valence-electron chi connectivity index (χ4n) is 4.37. The summed E-state index contributed by atoms with van der Waals surface area (Å²) in [6.07, 6.45) is 13.8. The number of carboxylic acids is 1. The normalized spacial score (nSPS) is 19.8. The van der Waals surface area contributed by atoms with Crippen molar-refractivity contribution in [1.82, 2.24) is 0 Å². The second kappa shape index (κ2) is 10.3. The molecule has 2 aromatic rings. The molecule has 1 saturated carbocycles. The number of carbonyl (C=O) groups is 1. The van der Waals surface area contributed by atoms with Gasteiger partial charge in [0.1, 0.15) is 0 Å². The van der Waals surface area contributed by atoms with E-state index < -0.39 is 5.97 Å². The average molecular weight is 377 g/mol. The molecule has 0 amide bonds. The molecule has 2 nitrogen and oxygen atoms in total. The molecule has 0 aromatic heterocycles. The van der Waals surface area contributed by atoms with Crippen LogP contribution in [0.1, 0.15) is 75.3 Å². The molecule has 1 N–H and O–H groups in total. The van der Waals surface area contributed by atoms with Crippen molar-refractivity contribution in [3.8, 4) is 11.1 Å². The average Bonchev–Trinajstić information content (AvgIpc) is 2.73. The lowest BCUT2D eigenvalue weighted by Gasteiger charge is -2.29.